The molecule has 2 aliphatic carbocycles. The van der Waals surface area contributed by atoms with Crippen molar-refractivity contribution < 1.29 is 10.2 Å². The first-order valence-electron chi connectivity index (χ1n) is 6.82. The van der Waals surface area contributed by atoms with Gasteiger partial charge in [0.1, 0.15) is 5.75 Å². The van der Waals surface area contributed by atoms with E-state index in [0.29, 0.717) is 17.7 Å². The van der Waals surface area contributed by atoms with Crippen LogP contribution < -0.4 is 5.32 Å². The number of aliphatic hydroxyl groups excluding tert-OH is 1. The molecule has 3 nitrogen and oxygen atoms in total. The van der Waals surface area contributed by atoms with Gasteiger partial charge in [0.25, 0.3) is 0 Å². The van der Waals surface area contributed by atoms with E-state index < -0.39 is 0 Å². The normalized spacial score (nSPS) is 34.2. The molecule has 18 heavy (non-hydrogen) atoms. The van der Waals surface area contributed by atoms with Crippen LogP contribution in [0.15, 0.2) is 12.1 Å². The number of aryl methyl sites for hydroxylation is 1. The molecular weight excluding hydrogens is 226 g/mol. The lowest BCUT2D eigenvalue weighted by Gasteiger charge is -2.34. The highest BCUT2D eigenvalue weighted by molar-refractivity contribution is 5.51. The average molecular weight is 247 g/mol. The van der Waals surface area contributed by atoms with Crippen LogP contribution >= 0.6 is 0 Å². The zero-order valence-electron chi connectivity index (χ0n) is 11.0. The summed E-state index contributed by atoms with van der Waals surface area (Å²) in [6, 6.07) is 4.45. The van der Waals surface area contributed by atoms with E-state index >= 15 is 0 Å². The topological polar surface area (TPSA) is 52.5 Å². The van der Waals surface area contributed by atoms with Crippen LogP contribution in [0.25, 0.3) is 0 Å². The van der Waals surface area contributed by atoms with Crippen molar-refractivity contribution in [3.05, 3.63) is 28.8 Å². The highest BCUT2D eigenvalue weighted by atomic mass is 16.3. The monoisotopic (exact) mass is 247 g/mol. The van der Waals surface area contributed by atoms with Gasteiger partial charge in [0.15, 0.2) is 0 Å². The maximum atomic E-state index is 10.1. The molecule has 0 spiro atoms. The van der Waals surface area contributed by atoms with Gasteiger partial charge in [-0.3, -0.25) is 0 Å². The van der Waals surface area contributed by atoms with Crippen molar-refractivity contribution in [2.45, 2.75) is 57.2 Å². The predicted molar refractivity (Wildman–Crippen MR) is 70.8 cm³/mol. The van der Waals surface area contributed by atoms with Crippen LogP contribution in [0, 0.1) is 6.92 Å². The molecule has 1 saturated carbocycles. The van der Waals surface area contributed by atoms with Crippen molar-refractivity contribution in [1.82, 2.24) is 5.32 Å². The number of hydrogen-bond donors (Lipinski definition) is 3. The first kappa shape index (κ1) is 12.0. The molecule has 0 bridgehead atoms. The summed E-state index contributed by atoms with van der Waals surface area (Å²) in [4.78, 5) is 0. The standard InChI is InChI=1S/C15H21NO2/c1-8-3-4-13(18)15-12(5-9(2)14(8)15)16-10-6-11(17)7-10/h3-4,9-12,16-18H,5-7H2,1-2H3. The van der Waals surface area contributed by atoms with Crippen LogP contribution in [0.3, 0.4) is 0 Å². The Hall–Kier alpha value is -1.06. The van der Waals surface area contributed by atoms with Gasteiger partial charge in [-0.2, -0.15) is 0 Å². The van der Waals surface area contributed by atoms with E-state index in [1.54, 1.807) is 6.07 Å². The fraction of sp³-hybridized carbons (Fsp3) is 0.600. The summed E-state index contributed by atoms with van der Waals surface area (Å²) in [6.07, 6.45) is 2.59. The highest BCUT2D eigenvalue weighted by Crippen LogP contribution is 2.46. The number of aliphatic hydroxyl groups is 1. The summed E-state index contributed by atoms with van der Waals surface area (Å²) in [5, 5.41) is 23.0. The van der Waals surface area contributed by atoms with Crippen molar-refractivity contribution >= 4 is 0 Å². The number of phenolic OH excluding ortho intramolecular Hbond substituents is 1. The Morgan fingerprint density at radius 3 is 2.56 bits per heavy atom. The quantitative estimate of drug-likeness (QED) is 0.752. The van der Waals surface area contributed by atoms with E-state index in [1.165, 1.54) is 11.1 Å². The number of hydrogen-bond acceptors (Lipinski definition) is 3. The van der Waals surface area contributed by atoms with Gasteiger partial charge in [-0.15, -0.1) is 0 Å². The van der Waals surface area contributed by atoms with E-state index in [4.69, 9.17) is 0 Å². The zero-order valence-corrected chi connectivity index (χ0v) is 11.0. The van der Waals surface area contributed by atoms with Gasteiger partial charge in [0.05, 0.1) is 6.10 Å². The molecule has 2 aliphatic rings. The van der Waals surface area contributed by atoms with E-state index in [-0.39, 0.29) is 12.1 Å². The molecule has 3 rings (SSSR count). The highest BCUT2D eigenvalue weighted by Gasteiger charge is 2.36. The number of benzene rings is 1. The molecule has 1 aromatic carbocycles. The lowest BCUT2D eigenvalue weighted by molar-refractivity contribution is 0.0574. The van der Waals surface area contributed by atoms with E-state index in [0.717, 1.165) is 24.8 Å². The van der Waals surface area contributed by atoms with Gasteiger partial charge in [0, 0.05) is 17.6 Å². The molecule has 2 atom stereocenters. The number of phenols is 1. The molecule has 0 aromatic heterocycles. The Kier molecular flexibility index (Phi) is 2.83. The molecule has 2 unspecified atom stereocenters. The third-order valence-corrected chi connectivity index (χ3v) is 4.46. The van der Waals surface area contributed by atoms with E-state index in [9.17, 15) is 10.2 Å². The van der Waals surface area contributed by atoms with Gasteiger partial charge in [0.2, 0.25) is 0 Å². The first-order chi connectivity index (χ1) is 8.56. The second kappa shape index (κ2) is 4.25. The number of rotatable bonds is 2. The number of nitrogens with one attached hydrogen (secondary N) is 1. The largest absolute Gasteiger partial charge is 0.508 e. The fourth-order valence-corrected chi connectivity index (χ4v) is 3.50. The lowest BCUT2D eigenvalue weighted by atomic mass is 9.88. The molecular formula is C15H21NO2. The van der Waals surface area contributed by atoms with Crippen molar-refractivity contribution in [2.75, 3.05) is 0 Å². The van der Waals surface area contributed by atoms with Gasteiger partial charge < -0.3 is 15.5 Å². The Balaban J connectivity index is 1.86. The molecule has 3 N–H and O–H groups in total. The predicted octanol–water partition coefficient (Wildman–Crippen LogP) is 2.36. The molecule has 0 aliphatic heterocycles. The van der Waals surface area contributed by atoms with Crippen molar-refractivity contribution in [3.63, 3.8) is 0 Å². The average Bonchev–Trinajstić information content (AvgIpc) is 2.60. The maximum absolute atomic E-state index is 10.1. The Labute approximate surface area is 108 Å². The number of aromatic hydroxyl groups is 1. The van der Waals surface area contributed by atoms with Gasteiger partial charge in [-0.1, -0.05) is 13.0 Å². The van der Waals surface area contributed by atoms with Crippen molar-refractivity contribution in [1.29, 1.82) is 0 Å². The summed E-state index contributed by atoms with van der Waals surface area (Å²) in [7, 11) is 0. The first-order valence-corrected chi connectivity index (χ1v) is 6.82. The van der Waals surface area contributed by atoms with Gasteiger partial charge in [-0.05, 0) is 49.3 Å². The Bertz CT molecular complexity index is 466. The SMILES string of the molecule is Cc1ccc(O)c2c1C(C)CC2NC1CC(O)C1. The minimum Gasteiger partial charge on any atom is -0.508 e. The van der Waals surface area contributed by atoms with Crippen LogP contribution in [-0.2, 0) is 0 Å². The summed E-state index contributed by atoms with van der Waals surface area (Å²) in [6.45, 7) is 4.34. The smallest absolute Gasteiger partial charge is 0.120 e. The Morgan fingerprint density at radius 2 is 1.89 bits per heavy atom. The third kappa shape index (κ3) is 1.82. The molecule has 98 valence electrons. The fourth-order valence-electron chi connectivity index (χ4n) is 3.50. The van der Waals surface area contributed by atoms with Crippen molar-refractivity contribution in [2.24, 2.45) is 0 Å². The molecule has 0 amide bonds. The molecule has 1 aromatic rings. The number of fused-ring (bicyclic) bond motifs is 1. The second-order valence-electron chi connectivity index (χ2n) is 5.91. The summed E-state index contributed by atoms with van der Waals surface area (Å²) >= 11 is 0. The molecule has 0 saturated heterocycles. The molecule has 0 radical (unpaired) electrons. The minimum absolute atomic E-state index is 0.132. The third-order valence-electron chi connectivity index (χ3n) is 4.46. The van der Waals surface area contributed by atoms with Gasteiger partial charge >= 0.3 is 0 Å². The zero-order chi connectivity index (χ0) is 12.9. The van der Waals surface area contributed by atoms with E-state index in [1.807, 2.05) is 6.07 Å². The summed E-state index contributed by atoms with van der Waals surface area (Å²) in [5.41, 5.74) is 3.67. The van der Waals surface area contributed by atoms with E-state index in [2.05, 4.69) is 19.2 Å². The maximum Gasteiger partial charge on any atom is 0.120 e. The summed E-state index contributed by atoms with van der Waals surface area (Å²) in [5.74, 6) is 0.909. The Morgan fingerprint density at radius 1 is 1.17 bits per heavy atom. The van der Waals surface area contributed by atoms with Crippen LogP contribution in [-0.4, -0.2) is 22.4 Å². The molecule has 1 fully saturated rings. The minimum atomic E-state index is -0.132. The van der Waals surface area contributed by atoms with Crippen LogP contribution in [0.2, 0.25) is 0 Å². The van der Waals surface area contributed by atoms with Crippen molar-refractivity contribution in [3.8, 4) is 5.75 Å². The molecule has 0 heterocycles. The van der Waals surface area contributed by atoms with Crippen LogP contribution in [0.1, 0.15) is 54.8 Å². The summed E-state index contributed by atoms with van der Waals surface area (Å²) < 4.78 is 0. The second-order valence-corrected chi connectivity index (χ2v) is 5.91. The lowest BCUT2D eigenvalue weighted by Crippen LogP contribution is -2.45. The van der Waals surface area contributed by atoms with Crippen LogP contribution in [0.5, 0.6) is 5.75 Å². The molecule has 3 heteroatoms. The van der Waals surface area contributed by atoms with Crippen LogP contribution in [0.4, 0.5) is 0 Å². The van der Waals surface area contributed by atoms with Gasteiger partial charge in [-0.25, -0.2) is 0 Å².